The lowest BCUT2D eigenvalue weighted by molar-refractivity contribution is -0.115. The number of ether oxygens (including phenoxy) is 2. The third kappa shape index (κ3) is 4.58. The van der Waals surface area contributed by atoms with E-state index in [-0.39, 0.29) is 17.9 Å². The first-order chi connectivity index (χ1) is 13.7. The molecule has 0 saturated carbocycles. The largest absolute Gasteiger partial charge is 0.381 e. The predicted octanol–water partition coefficient (Wildman–Crippen LogP) is 2.81. The minimum atomic E-state index is -0.157. The van der Waals surface area contributed by atoms with Crippen LogP contribution in [-0.2, 0) is 33.8 Å². The van der Waals surface area contributed by atoms with Crippen LogP contribution in [0.25, 0.3) is 0 Å². The molecule has 4 rings (SSSR count). The molecule has 146 valence electrons. The summed E-state index contributed by atoms with van der Waals surface area (Å²) < 4.78 is 11.3. The minimum absolute atomic E-state index is 0.0338. The molecule has 0 atom stereocenters. The highest BCUT2D eigenvalue weighted by Gasteiger charge is 2.19. The Hall–Kier alpha value is -2.70. The fraction of sp³-hybridized carbons (Fsp3) is 0.364. The van der Waals surface area contributed by atoms with Crippen molar-refractivity contribution in [1.82, 2.24) is 5.32 Å². The van der Waals surface area contributed by atoms with E-state index in [1.165, 1.54) is 0 Å². The van der Waals surface area contributed by atoms with Crippen LogP contribution >= 0.6 is 0 Å². The number of carbonyl (C=O) groups is 2. The second-order valence-electron chi connectivity index (χ2n) is 7.22. The smallest absolute Gasteiger partial charge is 0.251 e. The number of fused-ring (bicyclic) bond motifs is 1. The maximum absolute atomic E-state index is 12.4. The minimum Gasteiger partial charge on any atom is -0.381 e. The number of benzene rings is 2. The van der Waals surface area contributed by atoms with Crippen LogP contribution in [0.15, 0.2) is 42.5 Å². The van der Waals surface area contributed by atoms with E-state index in [0.717, 1.165) is 48.4 Å². The molecule has 0 radical (unpaired) electrons. The number of amides is 2. The van der Waals surface area contributed by atoms with E-state index in [4.69, 9.17) is 9.47 Å². The van der Waals surface area contributed by atoms with E-state index in [1.54, 1.807) is 12.1 Å². The molecule has 0 aromatic heterocycles. The average Bonchev–Trinajstić information content (AvgIpc) is 3.11. The topological polar surface area (TPSA) is 76.7 Å². The van der Waals surface area contributed by atoms with Gasteiger partial charge in [-0.25, -0.2) is 0 Å². The number of hydrogen-bond acceptors (Lipinski definition) is 4. The Balaban J connectivity index is 1.27. The molecule has 28 heavy (non-hydrogen) atoms. The maximum atomic E-state index is 12.4. The van der Waals surface area contributed by atoms with Gasteiger partial charge in [-0.1, -0.05) is 30.3 Å². The summed E-state index contributed by atoms with van der Waals surface area (Å²) in [5.74, 6) is -0.190. The second kappa shape index (κ2) is 8.54. The van der Waals surface area contributed by atoms with Crippen molar-refractivity contribution in [3.63, 3.8) is 0 Å². The monoisotopic (exact) mass is 380 g/mol. The molecule has 0 unspecified atom stereocenters. The van der Waals surface area contributed by atoms with Crippen molar-refractivity contribution in [2.45, 2.75) is 38.5 Å². The Morgan fingerprint density at radius 2 is 1.86 bits per heavy atom. The van der Waals surface area contributed by atoms with Crippen molar-refractivity contribution in [3.05, 3.63) is 64.7 Å². The summed E-state index contributed by atoms with van der Waals surface area (Å²) in [6.07, 6.45) is 2.57. The number of hydrogen-bond donors (Lipinski definition) is 2. The summed E-state index contributed by atoms with van der Waals surface area (Å²) in [5.41, 5.74) is 4.35. The van der Waals surface area contributed by atoms with E-state index in [2.05, 4.69) is 10.6 Å². The lowest BCUT2D eigenvalue weighted by Gasteiger charge is -2.22. The molecular weight excluding hydrogens is 356 g/mol. The Morgan fingerprint density at radius 3 is 2.64 bits per heavy atom. The van der Waals surface area contributed by atoms with Crippen LogP contribution in [0, 0.1) is 0 Å². The zero-order chi connectivity index (χ0) is 19.3. The van der Waals surface area contributed by atoms with Crippen LogP contribution in [-0.4, -0.2) is 31.1 Å². The Morgan fingerprint density at radius 1 is 1.11 bits per heavy atom. The van der Waals surface area contributed by atoms with Gasteiger partial charge in [0, 0.05) is 31.0 Å². The highest BCUT2D eigenvalue weighted by atomic mass is 16.5. The molecule has 1 fully saturated rings. The lowest BCUT2D eigenvalue weighted by Crippen LogP contribution is -2.23. The van der Waals surface area contributed by atoms with E-state index in [9.17, 15) is 9.59 Å². The van der Waals surface area contributed by atoms with Crippen LogP contribution in [0.3, 0.4) is 0 Å². The number of carbonyl (C=O) groups excluding carboxylic acids is 2. The molecule has 6 heteroatoms. The highest BCUT2D eigenvalue weighted by Crippen LogP contribution is 2.24. The van der Waals surface area contributed by atoms with Gasteiger partial charge in [0.25, 0.3) is 5.91 Å². The van der Waals surface area contributed by atoms with Gasteiger partial charge >= 0.3 is 0 Å². The first-order valence-corrected chi connectivity index (χ1v) is 9.65. The molecule has 2 N–H and O–H groups in total. The molecule has 2 aliphatic heterocycles. The number of nitrogens with one attached hydrogen (secondary N) is 2. The number of anilines is 1. The number of rotatable bonds is 6. The first-order valence-electron chi connectivity index (χ1n) is 9.65. The molecule has 2 aromatic rings. The average molecular weight is 380 g/mol. The van der Waals surface area contributed by atoms with Crippen molar-refractivity contribution in [2.75, 3.05) is 18.5 Å². The third-order valence-corrected chi connectivity index (χ3v) is 5.13. The van der Waals surface area contributed by atoms with Gasteiger partial charge in [0.15, 0.2) is 0 Å². The van der Waals surface area contributed by atoms with E-state index in [1.807, 2.05) is 30.3 Å². The summed E-state index contributed by atoms with van der Waals surface area (Å²) in [5, 5.41) is 5.69. The molecule has 1 saturated heterocycles. The van der Waals surface area contributed by atoms with E-state index < -0.39 is 0 Å². The van der Waals surface area contributed by atoms with Gasteiger partial charge in [0.1, 0.15) is 0 Å². The van der Waals surface area contributed by atoms with Crippen LogP contribution in [0.4, 0.5) is 5.69 Å². The van der Waals surface area contributed by atoms with E-state index >= 15 is 0 Å². The summed E-state index contributed by atoms with van der Waals surface area (Å²) in [4.78, 5) is 23.8. The van der Waals surface area contributed by atoms with Crippen LogP contribution in [0.5, 0.6) is 0 Å². The normalized spacial score (nSPS) is 16.5. The predicted molar refractivity (Wildman–Crippen MR) is 105 cm³/mol. The highest BCUT2D eigenvalue weighted by molar-refractivity contribution is 6.02. The van der Waals surface area contributed by atoms with Crippen LogP contribution in [0.1, 0.15) is 39.9 Å². The van der Waals surface area contributed by atoms with Crippen molar-refractivity contribution in [3.8, 4) is 0 Å². The fourth-order valence-corrected chi connectivity index (χ4v) is 3.45. The zero-order valence-electron chi connectivity index (χ0n) is 15.7. The molecule has 2 aromatic carbocycles. The second-order valence-corrected chi connectivity index (χ2v) is 7.22. The van der Waals surface area contributed by atoms with Crippen molar-refractivity contribution in [2.24, 2.45) is 0 Å². The first kappa shape index (κ1) is 18.7. The fourth-order valence-electron chi connectivity index (χ4n) is 3.45. The Kier molecular flexibility index (Phi) is 5.69. The SMILES string of the molecule is O=C1Cc2ccc(C(=O)NCc3ccc(COC4CCOCC4)cc3)cc2N1. The quantitative estimate of drug-likeness (QED) is 0.808. The maximum Gasteiger partial charge on any atom is 0.251 e. The molecule has 2 amide bonds. The van der Waals surface area contributed by atoms with Gasteiger partial charge in [0.2, 0.25) is 5.91 Å². The summed E-state index contributed by atoms with van der Waals surface area (Å²) >= 11 is 0. The van der Waals surface area contributed by atoms with E-state index in [0.29, 0.717) is 25.1 Å². The molecule has 6 nitrogen and oxygen atoms in total. The lowest BCUT2D eigenvalue weighted by atomic mass is 10.1. The molecule has 2 heterocycles. The molecular formula is C22H24N2O4. The molecule has 0 spiro atoms. The van der Waals surface area contributed by atoms with Gasteiger partial charge < -0.3 is 20.1 Å². The summed E-state index contributed by atoms with van der Waals surface area (Å²) in [6.45, 7) is 2.60. The molecule has 0 aliphatic carbocycles. The van der Waals surface area contributed by atoms with Gasteiger partial charge in [0.05, 0.1) is 19.1 Å². The van der Waals surface area contributed by atoms with Crippen molar-refractivity contribution < 1.29 is 19.1 Å². The molecule has 0 bridgehead atoms. The molecule has 2 aliphatic rings. The Bertz CT molecular complexity index is 857. The van der Waals surface area contributed by atoms with Crippen LogP contribution < -0.4 is 10.6 Å². The van der Waals surface area contributed by atoms with Crippen molar-refractivity contribution >= 4 is 17.5 Å². The third-order valence-electron chi connectivity index (χ3n) is 5.13. The van der Waals surface area contributed by atoms with Gasteiger partial charge in [-0.05, 0) is 41.7 Å². The summed E-state index contributed by atoms with van der Waals surface area (Å²) in [7, 11) is 0. The van der Waals surface area contributed by atoms with Crippen LogP contribution in [0.2, 0.25) is 0 Å². The van der Waals surface area contributed by atoms with Gasteiger partial charge in [-0.2, -0.15) is 0 Å². The zero-order valence-corrected chi connectivity index (χ0v) is 15.7. The summed E-state index contributed by atoms with van der Waals surface area (Å²) in [6, 6.07) is 13.4. The standard InChI is InChI=1S/C22H24N2O4/c25-21-12-17-5-6-18(11-20(17)24-21)22(26)23-13-15-1-3-16(4-2-15)14-28-19-7-9-27-10-8-19/h1-6,11,19H,7-10,12-14H2,(H,23,26)(H,24,25). The van der Waals surface area contributed by atoms with Gasteiger partial charge in [-0.3, -0.25) is 9.59 Å². The van der Waals surface area contributed by atoms with Gasteiger partial charge in [-0.15, -0.1) is 0 Å². The van der Waals surface area contributed by atoms with Crippen molar-refractivity contribution in [1.29, 1.82) is 0 Å². The Labute approximate surface area is 164 Å².